The number of amides is 2. The summed E-state index contributed by atoms with van der Waals surface area (Å²) < 4.78 is 4.83. The molecule has 0 aromatic heterocycles. The predicted molar refractivity (Wildman–Crippen MR) is 70.1 cm³/mol. The summed E-state index contributed by atoms with van der Waals surface area (Å²) in [5.41, 5.74) is 4.12. The van der Waals surface area contributed by atoms with E-state index in [9.17, 15) is 19.7 Å². The van der Waals surface area contributed by atoms with Crippen LogP contribution >= 0.6 is 0 Å². The van der Waals surface area contributed by atoms with Crippen LogP contribution in [0.2, 0.25) is 0 Å². The number of nitro groups is 1. The van der Waals surface area contributed by atoms with E-state index in [1.807, 2.05) is 0 Å². The lowest BCUT2D eigenvalue weighted by Crippen LogP contribution is -2.43. The number of benzene rings is 1. The molecule has 0 aliphatic rings. The predicted octanol–water partition coefficient (Wildman–Crippen LogP) is 1.02. The molecule has 0 bridgehead atoms. The molecule has 0 aliphatic heterocycles. The average Bonchev–Trinajstić information content (AvgIpc) is 2.43. The van der Waals surface area contributed by atoms with E-state index >= 15 is 0 Å². The third kappa shape index (κ3) is 3.67. The number of carbonyl (C=O) groups is 2. The lowest BCUT2D eigenvalue weighted by molar-refractivity contribution is -0.385. The monoisotopic (exact) mass is 281 g/mol. The van der Waals surface area contributed by atoms with Gasteiger partial charge in [0, 0.05) is 17.5 Å². The Bertz CT molecular complexity index is 542. The Hall–Kier alpha value is -2.64. The molecule has 0 radical (unpaired) electrons. The first-order valence-electron chi connectivity index (χ1n) is 5.79. The number of hydrogen-bond acceptors (Lipinski definition) is 5. The molecule has 0 saturated heterocycles. The van der Waals surface area contributed by atoms with Crippen molar-refractivity contribution in [1.82, 2.24) is 10.9 Å². The summed E-state index contributed by atoms with van der Waals surface area (Å²) in [6, 6.07) is 3.76. The molecule has 1 aromatic rings. The molecule has 8 heteroatoms. The summed E-state index contributed by atoms with van der Waals surface area (Å²) in [5, 5.41) is 10.8. The average molecular weight is 281 g/mol. The van der Waals surface area contributed by atoms with Crippen molar-refractivity contribution in [3.05, 3.63) is 33.9 Å². The summed E-state index contributed by atoms with van der Waals surface area (Å²) in [6.07, 6.45) is 0. The van der Waals surface area contributed by atoms with Gasteiger partial charge in [0.05, 0.1) is 12.0 Å². The summed E-state index contributed by atoms with van der Waals surface area (Å²) in [4.78, 5) is 33.2. The van der Waals surface area contributed by atoms with Crippen LogP contribution in [-0.4, -0.2) is 23.8 Å². The highest BCUT2D eigenvalue weighted by atomic mass is 16.6. The number of nitrogens with zero attached hydrogens (tertiary/aromatic N) is 1. The van der Waals surface area contributed by atoms with Crippen LogP contribution in [0.5, 0.6) is 5.75 Å². The van der Waals surface area contributed by atoms with Crippen molar-refractivity contribution in [2.45, 2.75) is 13.8 Å². The van der Waals surface area contributed by atoms with Crippen LogP contribution < -0.4 is 15.6 Å². The van der Waals surface area contributed by atoms with Crippen LogP contribution in [0.3, 0.4) is 0 Å². The third-order valence-corrected chi connectivity index (χ3v) is 2.46. The van der Waals surface area contributed by atoms with Crippen LogP contribution in [0.4, 0.5) is 5.69 Å². The fourth-order valence-corrected chi connectivity index (χ4v) is 1.31. The van der Waals surface area contributed by atoms with Crippen molar-refractivity contribution in [1.29, 1.82) is 0 Å². The molecule has 0 fully saturated rings. The number of nitro benzene ring substituents is 1. The molecule has 108 valence electrons. The second kappa shape index (κ2) is 6.50. The van der Waals surface area contributed by atoms with Crippen LogP contribution in [0.1, 0.15) is 24.2 Å². The first-order chi connectivity index (χ1) is 9.36. The van der Waals surface area contributed by atoms with E-state index in [0.29, 0.717) is 0 Å². The van der Waals surface area contributed by atoms with Gasteiger partial charge in [0.2, 0.25) is 5.91 Å². The summed E-state index contributed by atoms with van der Waals surface area (Å²) in [7, 11) is 1.30. The van der Waals surface area contributed by atoms with E-state index in [2.05, 4.69) is 10.9 Å². The Morgan fingerprint density at radius 2 is 1.95 bits per heavy atom. The Kier molecular flexibility index (Phi) is 5.01. The van der Waals surface area contributed by atoms with Gasteiger partial charge < -0.3 is 4.74 Å². The SMILES string of the molecule is COc1ccc(C(=O)NNC(=O)C(C)C)cc1[N+](=O)[O-]. The number of methoxy groups -OCH3 is 1. The zero-order valence-electron chi connectivity index (χ0n) is 11.3. The minimum absolute atomic E-state index is 0.0431. The zero-order valence-corrected chi connectivity index (χ0v) is 11.3. The van der Waals surface area contributed by atoms with Gasteiger partial charge >= 0.3 is 5.69 Å². The van der Waals surface area contributed by atoms with E-state index in [1.54, 1.807) is 13.8 Å². The minimum atomic E-state index is -0.650. The van der Waals surface area contributed by atoms with Crippen molar-refractivity contribution >= 4 is 17.5 Å². The normalized spacial score (nSPS) is 10.0. The highest BCUT2D eigenvalue weighted by Gasteiger charge is 2.18. The molecule has 0 saturated carbocycles. The lowest BCUT2D eigenvalue weighted by Gasteiger charge is -2.09. The van der Waals surface area contributed by atoms with Gasteiger partial charge in [-0.1, -0.05) is 13.8 Å². The number of carbonyl (C=O) groups excluding carboxylic acids is 2. The van der Waals surface area contributed by atoms with Crippen molar-refractivity contribution in [3.63, 3.8) is 0 Å². The van der Waals surface area contributed by atoms with Gasteiger partial charge in [-0.2, -0.15) is 0 Å². The van der Waals surface area contributed by atoms with E-state index < -0.39 is 10.8 Å². The molecular formula is C12H15N3O5. The van der Waals surface area contributed by atoms with E-state index in [1.165, 1.54) is 19.2 Å². The van der Waals surface area contributed by atoms with Crippen molar-refractivity contribution in [2.24, 2.45) is 5.92 Å². The van der Waals surface area contributed by atoms with Crippen molar-refractivity contribution in [3.8, 4) is 5.75 Å². The second-order valence-corrected chi connectivity index (χ2v) is 4.24. The van der Waals surface area contributed by atoms with Gasteiger partial charge in [0.1, 0.15) is 0 Å². The van der Waals surface area contributed by atoms with Crippen LogP contribution in [0.25, 0.3) is 0 Å². The fourth-order valence-electron chi connectivity index (χ4n) is 1.31. The smallest absolute Gasteiger partial charge is 0.311 e. The molecule has 1 aromatic carbocycles. The third-order valence-electron chi connectivity index (χ3n) is 2.46. The van der Waals surface area contributed by atoms with Gasteiger partial charge in [-0.25, -0.2) is 0 Å². The quantitative estimate of drug-likeness (QED) is 0.632. The number of rotatable bonds is 4. The van der Waals surface area contributed by atoms with Crippen LogP contribution in [-0.2, 0) is 4.79 Å². The molecule has 2 N–H and O–H groups in total. The molecule has 2 amide bonds. The minimum Gasteiger partial charge on any atom is -0.490 e. The van der Waals surface area contributed by atoms with E-state index in [0.717, 1.165) is 6.07 Å². The first-order valence-corrected chi connectivity index (χ1v) is 5.79. The summed E-state index contributed by atoms with van der Waals surface area (Å²) in [5.74, 6) is -1.25. The van der Waals surface area contributed by atoms with E-state index in [4.69, 9.17) is 4.74 Å². The maximum Gasteiger partial charge on any atom is 0.311 e. The lowest BCUT2D eigenvalue weighted by atomic mass is 10.2. The molecule has 0 atom stereocenters. The summed E-state index contributed by atoms with van der Waals surface area (Å²) in [6.45, 7) is 3.33. The second-order valence-electron chi connectivity index (χ2n) is 4.24. The maximum absolute atomic E-state index is 11.8. The molecule has 20 heavy (non-hydrogen) atoms. The highest BCUT2D eigenvalue weighted by molar-refractivity contribution is 5.96. The van der Waals surface area contributed by atoms with Crippen molar-refractivity contribution < 1.29 is 19.2 Å². The Morgan fingerprint density at radius 1 is 1.30 bits per heavy atom. The number of ether oxygens (including phenoxy) is 1. The van der Waals surface area contributed by atoms with Crippen LogP contribution in [0, 0.1) is 16.0 Å². The maximum atomic E-state index is 11.8. The van der Waals surface area contributed by atoms with Gasteiger partial charge in [-0.05, 0) is 12.1 Å². The standard InChI is InChI=1S/C12H15N3O5/c1-7(2)11(16)13-14-12(17)8-4-5-10(20-3)9(6-8)15(18)19/h4-7H,1-3H3,(H,13,16)(H,14,17). The van der Waals surface area contributed by atoms with E-state index in [-0.39, 0.29) is 28.8 Å². The fraction of sp³-hybridized carbons (Fsp3) is 0.333. The van der Waals surface area contributed by atoms with Gasteiger partial charge in [-0.15, -0.1) is 0 Å². The Labute approximate surface area is 115 Å². The molecule has 0 unspecified atom stereocenters. The van der Waals surface area contributed by atoms with Gasteiger partial charge in [0.15, 0.2) is 5.75 Å². The number of hydrazine groups is 1. The molecule has 0 heterocycles. The van der Waals surface area contributed by atoms with Crippen LogP contribution in [0.15, 0.2) is 18.2 Å². The Morgan fingerprint density at radius 3 is 2.45 bits per heavy atom. The number of nitrogens with one attached hydrogen (secondary N) is 2. The molecule has 0 spiro atoms. The zero-order chi connectivity index (χ0) is 15.3. The molecule has 1 rings (SSSR count). The molecule has 8 nitrogen and oxygen atoms in total. The Balaban J connectivity index is 2.86. The highest BCUT2D eigenvalue weighted by Crippen LogP contribution is 2.27. The topological polar surface area (TPSA) is 111 Å². The molecule has 0 aliphatic carbocycles. The summed E-state index contributed by atoms with van der Waals surface area (Å²) >= 11 is 0. The van der Waals surface area contributed by atoms with Crippen molar-refractivity contribution in [2.75, 3.05) is 7.11 Å². The number of hydrogen-bond donors (Lipinski definition) is 2. The largest absolute Gasteiger partial charge is 0.490 e. The van der Waals surface area contributed by atoms with Gasteiger partial charge in [-0.3, -0.25) is 30.6 Å². The molecular weight excluding hydrogens is 266 g/mol. The first kappa shape index (κ1) is 15.4. The van der Waals surface area contributed by atoms with Gasteiger partial charge in [0.25, 0.3) is 5.91 Å².